The van der Waals surface area contributed by atoms with Crippen molar-refractivity contribution in [2.75, 3.05) is 20.3 Å². The molecule has 0 saturated carbocycles. The highest BCUT2D eigenvalue weighted by Gasteiger charge is 2.45. The molecule has 0 spiro atoms. The predicted octanol–water partition coefficient (Wildman–Crippen LogP) is 5.10. The van der Waals surface area contributed by atoms with E-state index in [0.717, 1.165) is 67.7 Å². The van der Waals surface area contributed by atoms with Crippen molar-refractivity contribution < 1.29 is 18.7 Å². The van der Waals surface area contributed by atoms with Crippen LogP contribution in [0, 0.1) is 31.5 Å². The van der Waals surface area contributed by atoms with Crippen LogP contribution in [-0.2, 0) is 28.4 Å². The van der Waals surface area contributed by atoms with Crippen LogP contribution in [0.3, 0.4) is 0 Å². The van der Waals surface area contributed by atoms with E-state index in [-0.39, 0.29) is 17.7 Å². The molecule has 47 heavy (non-hydrogen) atoms. The Morgan fingerprint density at radius 1 is 1.06 bits per heavy atom. The SMILES string of the molecule is COC(=O)C1=C(C(C)C)c2c(c3ncc(-c4c(C)nnn4C)cc3n2C(c2ncccc2F)C2CCOCC2)[SH]1c1c(C)nnn1C. The van der Waals surface area contributed by atoms with Crippen LogP contribution >= 0.6 is 10.9 Å². The van der Waals surface area contributed by atoms with Gasteiger partial charge in [-0.2, -0.15) is 0 Å². The molecule has 5 aromatic rings. The molecule has 2 atom stereocenters. The van der Waals surface area contributed by atoms with E-state index in [1.54, 1.807) is 21.6 Å². The Bertz CT molecular complexity index is 2020. The molecule has 2 aliphatic heterocycles. The monoisotopic (exact) mass is 659 g/mol. The number of hydrogen-bond donors (Lipinski definition) is 1. The fourth-order valence-electron chi connectivity index (χ4n) is 7.28. The van der Waals surface area contributed by atoms with Crippen LogP contribution < -0.4 is 0 Å². The number of thiol groups is 1. The fraction of sp³-hybridized carbons (Fsp3) is 0.424. The van der Waals surface area contributed by atoms with Crippen molar-refractivity contribution in [2.45, 2.75) is 56.5 Å². The molecule has 2 unspecified atom stereocenters. The maximum Gasteiger partial charge on any atom is 0.343 e. The van der Waals surface area contributed by atoms with Gasteiger partial charge >= 0.3 is 5.97 Å². The molecule has 0 radical (unpaired) electrons. The van der Waals surface area contributed by atoms with Gasteiger partial charge in [0, 0.05) is 50.2 Å². The number of carbonyl (C=O) groups excluding carboxylic acids is 1. The average Bonchev–Trinajstić information content (AvgIpc) is 3.78. The van der Waals surface area contributed by atoms with Crippen molar-refractivity contribution in [1.82, 2.24) is 44.5 Å². The van der Waals surface area contributed by atoms with Crippen LogP contribution in [0.25, 0.3) is 27.9 Å². The molecule has 2 aliphatic rings. The van der Waals surface area contributed by atoms with Gasteiger partial charge in [-0.05, 0) is 62.3 Å². The number of rotatable bonds is 7. The summed E-state index contributed by atoms with van der Waals surface area (Å²) in [4.78, 5) is 25.2. The molecular weight excluding hydrogens is 621 g/mol. The number of esters is 1. The molecule has 7 heterocycles. The van der Waals surface area contributed by atoms with Crippen LogP contribution in [-0.4, -0.2) is 70.8 Å². The van der Waals surface area contributed by atoms with E-state index in [0.29, 0.717) is 23.8 Å². The van der Waals surface area contributed by atoms with Crippen molar-refractivity contribution in [3.63, 3.8) is 0 Å². The number of carbonyl (C=O) groups is 1. The normalized spacial score (nSPS) is 18.4. The molecule has 246 valence electrons. The third-order valence-electron chi connectivity index (χ3n) is 9.23. The maximum absolute atomic E-state index is 16.0. The molecular formula is C33H38FN9O3S. The van der Waals surface area contributed by atoms with Gasteiger partial charge in [0.1, 0.15) is 16.4 Å². The third-order valence-corrected chi connectivity index (χ3v) is 12.0. The fourth-order valence-corrected chi connectivity index (χ4v) is 10.3. The molecule has 12 nitrogen and oxygen atoms in total. The number of aryl methyl sites for hydroxylation is 4. The van der Waals surface area contributed by atoms with E-state index < -0.39 is 22.9 Å². The smallest absolute Gasteiger partial charge is 0.343 e. The van der Waals surface area contributed by atoms with Crippen LogP contribution in [0.2, 0.25) is 0 Å². The molecule has 0 aromatic carbocycles. The Kier molecular flexibility index (Phi) is 7.95. The molecule has 1 fully saturated rings. The van der Waals surface area contributed by atoms with Gasteiger partial charge < -0.3 is 14.0 Å². The lowest BCUT2D eigenvalue weighted by Crippen LogP contribution is -2.29. The zero-order valence-corrected chi connectivity index (χ0v) is 28.4. The Hall–Kier alpha value is -4.43. The van der Waals surface area contributed by atoms with Gasteiger partial charge in [0.15, 0.2) is 0 Å². The Morgan fingerprint density at radius 2 is 1.79 bits per heavy atom. The second kappa shape index (κ2) is 12.0. The number of pyridine rings is 2. The van der Waals surface area contributed by atoms with Gasteiger partial charge in [0.05, 0.1) is 52.0 Å². The van der Waals surface area contributed by atoms with Gasteiger partial charge in [-0.1, -0.05) is 24.3 Å². The number of nitrogens with zero attached hydrogens (tertiary/aromatic N) is 9. The highest BCUT2D eigenvalue weighted by Crippen LogP contribution is 2.65. The molecule has 7 rings (SSSR count). The summed E-state index contributed by atoms with van der Waals surface area (Å²) >= 11 is 0. The standard InChI is InChI=1S/C33H38FN9O3S/c1-17(2)24-29-31(47(30(24)33(44)45-7)32-19(4)38-40-42(32)6)26-23(15-21(16-36-26)27-18(3)37-39-41(27)5)43(29)28(20-10-13-46-14-11-20)25-22(34)9-8-12-35-25/h8-9,12,15-17,20,28,47H,10-11,13-14H2,1-7H3. The second-order valence-corrected chi connectivity index (χ2v) is 14.4. The molecule has 1 saturated heterocycles. The molecule has 0 amide bonds. The minimum Gasteiger partial charge on any atom is -0.465 e. The van der Waals surface area contributed by atoms with E-state index in [2.05, 4.69) is 50.1 Å². The second-order valence-electron chi connectivity index (χ2n) is 12.4. The minimum absolute atomic E-state index is 0.00136. The summed E-state index contributed by atoms with van der Waals surface area (Å²) in [6, 6.07) is 4.66. The summed E-state index contributed by atoms with van der Waals surface area (Å²) in [5.74, 6) is -0.882. The summed E-state index contributed by atoms with van der Waals surface area (Å²) in [6.45, 7) is 9.10. The summed E-state index contributed by atoms with van der Waals surface area (Å²) in [7, 11) is 3.59. The van der Waals surface area contributed by atoms with Crippen LogP contribution in [0.5, 0.6) is 0 Å². The first-order chi connectivity index (χ1) is 22.6. The van der Waals surface area contributed by atoms with Gasteiger partial charge in [0.2, 0.25) is 0 Å². The highest BCUT2D eigenvalue weighted by atomic mass is 32.2. The quantitative estimate of drug-likeness (QED) is 0.188. The Labute approximate surface area is 274 Å². The van der Waals surface area contributed by atoms with E-state index >= 15 is 4.39 Å². The first-order valence-corrected chi connectivity index (χ1v) is 17.1. The van der Waals surface area contributed by atoms with Crippen molar-refractivity contribution >= 4 is 33.5 Å². The summed E-state index contributed by atoms with van der Waals surface area (Å²) in [5, 5.41) is 18.1. The maximum atomic E-state index is 16.0. The van der Waals surface area contributed by atoms with E-state index in [4.69, 9.17) is 14.5 Å². The Balaban J connectivity index is 1.66. The van der Waals surface area contributed by atoms with E-state index in [9.17, 15) is 4.79 Å². The number of allylic oxidation sites excluding steroid dienone is 1. The lowest BCUT2D eigenvalue weighted by molar-refractivity contribution is -0.135. The predicted molar refractivity (Wildman–Crippen MR) is 175 cm³/mol. The number of fused-ring (bicyclic) bond motifs is 3. The van der Waals surface area contributed by atoms with Crippen molar-refractivity contribution in [1.29, 1.82) is 0 Å². The van der Waals surface area contributed by atoms with E-state index in [1.807, 2.05) is 34.1 Å². The molecule has 5 aromatic heterocycles. The minimum atomic E-state index is -1.51. The summed E-state index contributed by atoms with van der Waals surface area (Å²) < 4.78 is 33.0. The van der Waals surface area contributed by atoms with Crippen LogP contribution in [0.15, 0.2) is 45.4 Å². The summed E-state index contributed by atoms with van der Waals surface area (Å²) in [5.41, 5.74) is 6.76. The zero-order chi connectivity index (χ0) is 33.1. The average molecular weight is 660 g/mol. The molecule has 0 bridgehead atoms. The lowest BCUT2D eigenvalue weighted by Gasteiger charge is -2.33. The highest BCUT2D eigenvalue weighted by molar-refractivity contribution is 8.21. The van der Waals surface area contributed by atoms with Crippen LogP contribution in [0.1, 0.15) is 55.5 Å². The van der Waals surface area contributed by atoms with Gasteiger partial charge in [0.25, 0.3) is 0 Å². The van der Waals surface area contributed by atoms with Gasteiger partial charge in [-0.3, -0.25) is 9.97 Å². The number of aromatic nitrogens is 9. The first kappa shape index (κ1) is 31.2. The first-order valence-electron chi connectivity index (χ1n) is 15.7. The third kappa shape index (κ3) is 4.87. The van der Waals surface area contributed by atoms with Crippen LogP contribution in [0.4, 0.5) is 4.39 Å². The van der Waals surface area contributed by atoms with E-state index in [1.165, 1.54) is 13.2 Å². The lowest BCUT2D eigenvalue weighted by atomic mass is 9.88. The molecule has 0 N–H and O–H groups in total. The number of hydrogen-bond acceptors (Lipinski definition) is 9. The van der Waals surface area contributed by atoms with Gasteiger partial charge in [-0.25, -0.2) is 18.5 Å². The van der Waals surface area contributed by atoms with Crippen molar-refractivity contribution in [2.24, 2.45) is 25.9 Å². The molecule has 0 aliphatic carbocycles. The summed E-state index contributed by atoms with van der Waals surface area (Å²) in [6.07, 6.45) is 4.91. The number of methoxy groups -OCH3 is 1. The zero-order valence-electron chi connectivity index (χ0n) is 27.5. The largest absolute Gasteiger partial charge is 0.465 e. The Morgan fingerprint density at radius 3 is 2.40 bits per heavy atom. The van der Waals surface area contributed by atoms with Gasteiger partial charge in [-0.15, -0.1) is 21.1 Å². The molecule has 14 heteroatoms. The van der Waals surface area contributed by atoms with Crippen molar-refractivity contribution in [3.8, 4) is 11.3 Å². The van der Waals surface area contributed by atoms with Crippen molar-refractivity contribution in [3.05, 3.63) is 64.1 Å². The number of halogens is 1. The number of ether oxygens (including phenoxy) is 2. The topological polar surface area (TPSA) is 128 Å².